The van der Waals surface area contributed by atoms with Crippen LogP contribution in [0.25, 0.3) is 0 Å². The van der Waals surface area contributed by atoms with Crippen LogP contribution in [0.1, 0.15) is 5.56 Å². The molecule has 0 fully saturated rings. The molecule has 1 aromatic carbocycles. The third-order valence-corrected chi connectivity index (χ3v) is 2.26. The summed E-state index contributed by atoms with van der Waals surface area (Å²) in [5.41, 5.74) is 2.75. The Hall–Kier alpha value is -0.830. The van der Waals surface area contributed by atoms with Crippen LogP contribution in [0, 0.1) is 5.41 Å². The molecule has 0 saturated heterocycles. The van der Waals surface area contributed by atoms with Gasteiger partial charge in [0.25, 0.3) is 0 Å². The Morgan fingerprint density at radius 1 is 1.45 bits per heavy atom. The van der Waals surface area contributed by atoms with Crippen LogP contribution in [0.3, 0.4) is 0 Å². The van der Waals surface area contributed by atoms with E-state index in [9.17, 15) is 0 Å². The third-order valence-electron chi connectivity index (χ3n) is 1.76. The number of halogens is 1. The molecule has 3 heteroatoms. The summed E-state index contributed by atoms with van der Waals surface area (Å²) in [6.45, 7) is 0.659. The van der Waals surface area contributed by atoms with Crippen LogP contribution in [-0.2, 0) is 0 Å². The predicted octanol–water partition coefficient (Wildman–Crippen LogP) is 2.24. The number of rotatable bonds is 0. The summed E-state index contributed by atoms with van der Waals surface area (Å²) in [5, 5.41) is 10.7. The zero-order chi connectivity index (χ0) is 7.84. The first kappa shape index (κ1) is 6.85. The fourth-order valence-electron chi connectivity index (χ4n) is 1.20. The normalized spacial score (nSPS) is 14.5. The summed E-state index contributed by atoms with van der Waals surface area (Å²) in [5.74, 6) is 0. The first-order valence-corrected chi connectivity index (χ1v) is 4.18. The highest BCUT2D eigenvalue weighted by Crippen LogP contribution is 2.25. The quantitative estimate of drug-likeness (QED) is 0.678. The number of nitrogens with one attached hydrogen (secondary N) is 2. The summed E-state index contributed by atoms with van der Waals surface area (Å²) in [6, 6.07) is 5.93. The largest absolute Gasteiger partial charge is 0.379 e. The van der Waals surface area contributed by atoms with Crippen molar-refractivity contribution < 1.29 is 0 Å². The Kier molecular flexibility index (Phi) is 1.46. The average molecular weight is 211 g/mol. The van der Waals surface area contributed by atoms with Crippen molar-refractivity contribution in [3.63, 3.8) is 0 Å². The zero-order valence-electron chi connectivity index (χ0n) is 5.82. The number of hydrogen-bond acceptors (Lipinski definition) is 2. The lowest BCUT2D eigenvalue weighted by atomic mass is 10.1. The second-order valence-corrected chi connectivity index (χ2v) is 3.44. The van der Waals surface area contributed by atoms with Gasteiger partial charge in [-0.15, -0.1) is 0 Å². The van der Waals surface area contributed by atoms with E-state index in [4.69, 9.17) is 5.41 Å². The van der Waals surface area contributed by atoms with Gasteiger partial charge in [-0.3, -0.25) is 0 Å². The van der Waals surface area contributed by atoms with E-state index in [0.717, 1.165) is 15.7 Å². The van der Waals surface area contributed by atoms with Crippen molar-refractivity contribution in [3.05, 3.63) is 28.2 Å². The highest BCUT2D eigenvalue weighted by Gasteiger charge is 2.14. The first-order chi connectivity index (χ1) is 5.27. The first-order valence-electron chi connectivity index (χ1n) is 3.38. The molecule has 1 aliphatic heterocycles. The molecule has 11 heavy (non-hydrogen) atoms. The van der Waals surface area contributed by atoms with Gasteiger partial charge >= 0.3 is 0 Å². The van der Waals surface area contributed by atoms with Gasteiger partial charge in [-0.05, 0) is 18.2 Å². The smallest absolute Gasteiger partial charge is 0.0598 e. The van der Waals surface area contributed by atoms with Crippen LogP contribution in [0.4, 0.5) is 5.69 Å². The van der Waals surface area contributed by atoms with E-state index >= 15 is 0 Å². The Bertz CT molecular complexity index is 320. The fraction of sp³-hybridized carbons (Fsp3) is 0.125. The van der Waals surface area contributed by atoms with Crippen molar-refractivity contribution in [1.29, 1.82) is 5.41 Å². The average Bonchev–Trinajstić information content (AvgIpc) is 2.33. The van der Waals surface area contributed by atoms with E-state index in [2.05, 4.69) is 21.2 Å². The monoisotopic (exact) mass is 210 g/mol. The molecule has 0 bridgehead atoms. The zero-order valence-corrected chi connectivity index (χ0v) is 7.40. The van der Waals surface area contributed by atoms with Gasteiger partial charge in [0.05, 0.1) is 12.3 Å². The van der Waals surface area contributed by atoms with Crippen molar-refractivity contribution in [1.82, 2.24) is 0 Å². The number of anilines is 1. The molecule has 0 saturated carbocycles. The molecule has 56 valence electrons. The van der Waals surface area contributed by atoms with Crippen LogP contribution >= 0.6 is 15.9 Å². The highest BCUT2D eigenvalue weighted by atomic mass is 79.9. The van der Waals surface area contributed by atoms with Crippen molar-refractivity contribution in [2.45, 2.75) is 0 Å². The van der Waals surface area contributed by atoms with Crippen molar-refractivity contribution in [2.75, 3.05) is 11.9 Å². The molecule has 1 heterocycles. The van der Waals surface area contributed by atoms with Gasteiger partial charge in [0.1, 0.15) is 0 Å². The summed E-state index contributed by atoms with van der Waals surface area (Å²) < 4.78 is 1.03. The SMILES string of the molecule is N=C1CNc2ccc(Br)cc21. The van der Waals surface area contributed by atoms with Gasteiger partial charge < -0.3 is 10.7 Å². The second-order valence-electron chi connectivity index (χ2n) is 2.52. The topological polar surface area (TPSA) is 35.9 Å². The lowest BCUT2D eigenvalue weighted by Crippen LogP contribution is -2.00. The van der Waals surface area contributed by atoms with Crippen LogP contribution in [-0.4, -0.2) is 12.3 Å². The van der Waals surface area contributed by atoms with Crippen molar-refractivity contribution in [2.24, 2.45) is 0 Å². The van der Waals surface area contributed by atoms with E-state index in [-0.39, 0.29) is 0 Å². The minimum absolute atomic E-state index is 0.659. The molecule has 2 rings (SSSR count). The fourth-order valence-corrected chi connectivity index (χ4v) is 1.56. The van der Waals surface area contributed by atoms with Gasteiger partial charge in [-0.2, -0.15) is 0 Å². The molecule has 0 radical (unpaired) electrons. The summed E-state index contributed by atoms with van der Waals surface area (Å²) >= 11 is 3.37. The molecule has 1 aromatic rings. The Morgan fingerprint density at radius 2 is 2.27 bits per heavy atom. The standard InChI is InChI=1S/C8H7BrN2/c9-5-1-2-8-6(3-5)7(10)4-11-8/h1-3,10-11H,4H2. The number of fused-ring (bicyclic) bond motifs is 1. The van der Waals surface area contributed by atoms with Crippen molar-refractivity contribution in [3.8, 4) is 0 Å². The number of hydrogen-bond donors (Lipinski definition) is 2. The maximum Gasteiger partial charge on any atom is 0.0598 e. The highest BCUT2D eigenvalue weighted by molar-refractivity contribution is 9.10. The third kappa shape index (κ3) is 1.05. The van der Waals surface area contributed by atoms with Crippen LogP contribution in [0.2, 0.25) is 0 Å². The molecule has 0 spiro atoms. The van der Waals surface area contributed by atoms with Crippen LogP contribution < -0.4 is 5.32 Å². The van der Waals surface area contributed by atoms with Gasteiger partial charge in [0.2, 0.25) is 0 Å². The molecule has 0 aromatic heterocycles. The molecule has 0 aliphatic carbocycles. The molecular weight excluding hydrogens is 204 g/mol. The Morgan fingerprint density at radius 3 is 3.09 bits per heavy atom. The van der Waals surface area contributed by atoms with Gasteiger partial charge in [0, 0.05) is 15.7 Å². The van der Waals surface area contributed by atoms with E-state index in [1.807, 2.05) is 18.2 Å². The second kappa shape index (κ2) is 2.34. The van der Waals surface area contributed by atoms with Gasteiger partial charge in [0.15, 0.2) is 0 Å². The van der Waals surface area contributed by atoms with Crippen LogP contribution in [0.5, 0.6) is 0 Å². The molecule has 2 nitrogen and oxygen atoms in total. The lowest BCUT2D eigenvalue weighted by molar-refractivity contribution is 1.40. The van der Waals surface area contributed by atoms with E-state index < -0.39 is 0 Å². The van der Waals surface area contributed by atoms with E-state index in [1.165, 1.54) is 0 Å². The van der Waals surface area contributed by atoms with Gasteiger partial charge in [-0.25, -0.2) is 0 Å². The maximum absolute atomic E-state index is 7.54. The van der Waals surface area contributed by atoms with Crippen LogP contribution in [0.15, 0.2) is 22.7 Å². The van der Waals surface area contributed by atoms with E-state index in [1.54, 1.807) is 0 Å². The summed E-state index contributed by atoms with van der Waals surface area (Å²) in [6.07, 6.45) is 0. The molecule has 1 aliphatic rings. The Labute approximate surface area is 73.3 Å². The molecule has 0 amide bonds. The molecule has 0 atom stereocenters. The summed E-state index contributed by atoms with van der Waals surface area (Å²) in [4.78, 5) is 0. The Balaban J connectivity index is 2.60. The predicted molar refractivity (Wildman–Crippen MR) is 49.5 cm³/mol. The molecule has 2 N–H and O–H groups in total. The van der Waals surface area contributed by atoms with Gasteiger partial charge in [-0.1, -0.05) is 15.9 Å². The van der Waals surface area contributed by atoms with E-state index in [0.29, 0.717) is 12.3 Å². The number of benzene rings is 1. The van der Waals surface area contributed by atoms with Crippen molar-refractivity contribution >= 4 is 27.3 Å². The maximum atomic E-state index is 7.54. The minimum atomic E-state index is 0.659. The molecule has 0 unspecified atom stereocenters. The minimum Gasteiger partial charge on any atom is -0.379 e. The lowest BCUT2D eigenvalue weighted by Gasteiger charge is -1.97. The summed E-state index contributed by atoms with van der Waals surface area (Å²) in [7, 11) is 0. The molecular formula is C8H7BrN2.